The molecule has 2 N–H and O–H groups in total. The molecule has 2 aromatic rings. The molecule has 0 bridgehead atoms. The first kappa shape index (κ1) is 18.5. The topological polar surface area (TPSA) is 70.7 Å². The number of halogens is 2. The lowest BCUT2D eigenvalue weighted by molar-refractivity contribution is 0.399. The third-order valence-corrected chi connectivity index (χ3v) is 4.20. The van der Waals surface area contributed by atoms with Gasteiger partial charge < -0.3 is 14.6 Å². The van der Waals surface area contributed by atoms with Gasteiger partial charge in [0.05, 0.1) is 0 Å². The number of hydrogen-bond donors (Lipinski definition) is 2. The van der Waals surface area contributed by atoms with E-state index in [-0.39, 0.29) is 17.1 Å². The Kier molecular flexibility index (Phi) is 4.92. The van der Waals surface area contributed by atoms with E-state index in [0.29, 0.717) is 27.7 Å². The van der Waals surface area contributed by atoms with Crippen molar-refractivity contribution in [3.05, 3.63) is 76.0 Å². The smallest absolute Gasteiger partial charge is 0.217 e. The Morgan fingerprint density at radius 3 is 2.37 bits per heavy atom. The van der Waals surface area contributed by atoms with Gasteiger partial charge >= 0.3 is 0 Å². The molecule has 1 heterocycles. The zero-order chi connectivity index (χ0) is 19.7. The maximum Gasteiger partial charge on any atom is 0.217 e. The van der Waals surface area contributed by atoms with Gasteiger partial charge in [-0.2, -0.15) is 0 Å². The number of phenols is 1. The summed E-state index contributed by atoms with van der Waals surface area (Å²) < 4.78 is 33.7. The van der Waals surface area contributed by atoms with Crippen molar-refractivity contribution in [2.75, 3.05) is 7.11 Å². The highest BCUT2D eigenvalue weighted by Gasteiger charge is 2.22. The van der Waals surface area contributed by atoms with Crippen molar-refractivity contribution >= 4 is 11.0 Å². The summed E-state index contributed by atoms with van der Waals surface area (Å²) in [6, 6.07) is 11.2. The monoisotopic (exact) mass is 370 g/mol. The molecule has 0 unspecified atom stereocenters. The van der Waals surface area contributed by atoms with Crippen LogP contribution >= 0.6 is 0 Å². The molecule has 0 amide bonds. The van der Waals surface area contributed by atoms with Crippen LogP contribution in [0.5, 0.6) is 5.75 Å². The summed E-state index contributed by atoms with van der Waals surface area (Å²) >= 11 is 0. The lowest BCUT2D eigenvalue weighted by Crippen LogP contribution is -2.06. The van der Waals surface area contributed by atoms with Gasteiger partial charge in [-0.3, -0.25) is 4.79 Å². The summed E-state index contributed by atoms with van der Waals surface area (Å²) in [5.41, 5.74) is 1.21. The second-order valence-electron chi connectivity index (χ2n) is 5.87. The van der Waals surface area contributed by atoms with Crippen LogP contribution in [0.15, 0.2) is 57.7 Å². The molecule has 0 aromatic heterocycles. The predicted octanol–water partition coefficient (Wildman–Crippen LogP) is 4.47. The van der Waals surface area contributed by atoms with Crippen LogP contribution < -0.4 is 5.43 Å². The molecule has 0 spiro atoms. The lowest BCUT2D eigenvalue weighted by atomic mass is 9.92. The predicted molar refractivity (Wildman–Crippen MR) is 99.0 cm³/mol. The standard InChI is InChI=1S/C20H12F2O3.CH4O/c1-10-6-11(21)7-14-19(12-4-2-3-5-16(12)23)13-8-15(22)17(24)9-18(13)25-20(10)14;1-2/h2-9,23H,1H3;2H,1H3. The van der Waals surface area contributed by atoms with Gasteiger partial charge in [0.2, 0.25) is 5.43 Å². The molecule has 2 aromatic carbocycles. The van der Waals surface area contributed by atoms with Gasteiger partial charge in [0.25, 0.3) is 0 Å². The number of aliphatic hydroxyl groups excluding tert-OH is 1. The van der Waals surface area contributed by atoms with Gasteiger partial charge in [0.1, 0.15) is 22.9 Å². The van der Waals surface area contributed by atoms with Crippen molar-refractivity contribution in [3.63, 3.8) is 0 Å². The summed E-state index contributed by atoms with van der Waals surface area (Å²) in [6.07, 6.45) is 0. The normalized spacial score (nSPS) is 10.7. The number of aromatic hydroxyl groups is 1. The lowest BCUT2D eigenvalue weighted by Gasteiger charge is -2.17. The number of aliphatic hydroxyl groups is 1. The van der Waals surface area contributed by atoms with Crippen LogP contribution in [-0.4, -0.2) is 17.3 Å². The second-order valence-corrected chi connectivity index (χ2v) is 5.87. The van der Waals surface area contributed by atoms with Gasteiger partial charge in [-0.1, -0.05) is 18.2 Å². The average Bonchev–Trinajstić information content (AvgIpc) is 2.64. The first-order chi connectivity index (χ1) is 13.0. The summed E-state index contributed by atoms with van der Waals surface area (Å²) in [6.45, 7) is 1.68. The molecule has 0 fully saturated rings. The Morgan fingerprint density at radius 1 is 0.963 bits per heavy atom. The van der Waals surface area contributed by atoms with E-state index >= 15 is 0 Å². The number of phenolic OH excluding ortho intramolecular Hbond substituents is 1. The van der Waals surface area contributed by atoms with E-state index < -0.39 is 17.1 Å². The van der Waals surface area contributed by atoms with E-state index in [1.54, 1.807) is 25.1 Å². The van der Waals surface area contributed by atoms with Crippen LogP contribution in [0, 0.1) is 18.6 Å². The largest absolute Gasteiger partial charge is 0.507 e. The molecule has 0 atom stereocenters. The quantitative estimate of drug-likeness (QED) is 0.485. The molecular weight excluding hydrogens is 354 g/mol. The summed E-state index contributed by atoms with van der Waals surface area (Å²) in [5, 5.41) is 17.7. The molecule has 138 valence electrons. The Balaban J connectivity index is 0.00000102. The van der Waals surface area contributed by atoms with Gasteiger partial charge in [0.15, 0.2) is 5.82 Å². The first-order valence-electron chi connectivity index (χ1n) is 8.05. The molecule has 27 heavy (non-hydrogen) atoms. The fraction of sp³-hybridized carbons (Fsp3) is 0.0952. The van der Waals surface area contributed by atoms with Crippen molar-refractivity contribution in [3.8, 4) is 28.2 Å². The molecular formula is C21H16F2O4. The van der Waals surface area contributed by atoms with Gasteiger partial charge in [0, 0.05) is 35.3 Å². The second kappa shape index (κ2) is 7.17. The fourth-order valence-corrected chi connectivity index (χ4v) is 3.10. The van der Waals surface area contributed by atoms with E-state index in [9.17, 15) is 18.7 Å². The maximum absolute atomic E-state index is 14.0. The number of fused-ring (bicyclic) bond motifs is 2. The molecule has 4 rings (SSSR count). The van der Waals surface area contributed by atoms with Gasteiger partial charge in [-0.15, -0.1) is 0 Å². The van der Waals surface area contributed by atoms with Crippen LogP contribution in [0.2, 0.25) is 0 Å². The number of rotatable bonds is 1. The molecule has 0 saturated carbocycles. The highest BCUT2D eigenvalue weighted by atomic mass is 19.1. The van der Waals surface area contributed by atoms with Crippen molar-refractivity contribution in [1.29, 1.82) is 0 Å². The Morgan fingerprint density at radius 2 is 1.67 bits per heavy atom. The zero-order valence-corrected chi connectivity index (χ0v) is 14.6. The van der Waals surface area contributed by atoms with E-state index in [1.165, 1.54) is 18.2 Å². The highest BCUT2D eigenvalue weighted by Crippen LogP contribution is 2.43. The summed E-state index contributed by atoms with van der Waals surface area (Å²) in [5.74, 6) is -1.28. The minimum Gasteiger partial charge on any atom is -0.507 e. The van der Waals surface area contributed by atoms with E-state index in [1.807, 2.05) is 0 Å². The van der Waals surface area contributed by atoms with Gasteiger partial charge in [-0.25, -0.2) is 8.78 Å². The van der Waals surface area contributed by atoms with Gasteiger partial charge in [-0.05, 0) is 36.8 Å². The Labute approximate surface area is 153 Å². The van der Waals surface area contributed by atoms with Crippen molar-refractivity contribution < 1.29 is 23.4 Å². The highest BCUT2D eigenvalue weighted by molar-refractivity contribution is 6.03. The Hall–Kier alpha value is -3.25. The summed E-state index contributed by atoms with van der Waals surface area (Å²) in [4.78, 5) is 11.7. The van der Waals surface area contributed by atoms with Crippen molar-refractivity contribution in [1.82, 2.24) is 0 Å². The van der Waals surface area contributed by atoms with Crippen LogP contribution in [-0.2, 0) is 0 Å². The molecule has 4 nitrogen and oxygen atoms in total. The third kappa shape index (κ3) is 3.15. The van der Waals surface area contributed by atoms with Crippen LogP contribution in [0.4, 0.5) is 8.78 Å². The number of hydrogen-bond acceptors (Lipinski definition) is 4. The first-order valence-corrected chi connectivity index (χ1v) is 8.05. The number of aryl methyl sites for hydroxylation is 1. The van der Waals surface area contributed by atoms with Crippen LogP contribution in [0.25, 0.3) is 33.4 Å². The van der Waals surface area contributed by atoms with E-state index in [0.717, 1.165) is 19.2 Å². The summed E-state index contributed by atoms with van der Waals surface area (Å²) in [7, 11) is 1.00. The van der Waals surface area contributed by atoms with Crippen molar-refractivity contribution in [2.24, 2.45) is 0 Å². The van der Waals surface area contributed by atoms with E-state index in [2.05, 4.69) is 0 Å². The van der Waals surface area contributed by atoms with Crippen LogP contribution in [0.1, 0.15) is 5.56 Å². The third-order valence-electron chi connectivity index (χ3n) is 4.20. The van der Waals surface area contributed by atoms with Crippen LogP contribution in [0.3, 0.4) is 0 Å². The molecule has 6 heteroatoms. The van der Waals surface area contributed by atoms with E-state index in [4.69, 9.17) is 9.52 Å². The minimum absolute atomic E-state index is 0.0372. The fourth-order valence-electron chi connectivity index (χ4n) is 3.10. The zero-order valence-electron chi connectivity index (χ0n) is 14.6. The number of benzene rings is 3. The molecule has 0 saturated heterocycles. The van der Waals surface area contributed by atoms with Crippen molar-refractivity contribution in [2.45, 2.75) is 6.92 Å². The Bertz CT molecular complexity index is 1160. The minimum atomic E-state index is -0.938. The maximum atomic E-state index is 14.0. The number of para-hydroxylation sites is 1. The average molecular weight is 370 g/mol. The molecule has 2 aliphatic rings. The molecule has 1 aliphatic carbocycles. The molecule has 1 aliphatic heterocycles. The molecule has 0 radical (unpaired) electrons. The SMILES string of the molecule is CO.Cc1cc(F)cc2c(-c3ccccc3O)c3cc(F)c(=O)cc-3oc12.